The molecule has 1 aromatic heterocycles. The van der Waals surface area contributed by atoms with Crippen LogP contribution in [0.4, 0.5) is 11.9 Å². The lowest BCUT2D eigenvalue weighted by molar-refractivity contribution is 0.600. The quantitative estimate of drug-likeness (QED) is 0.879. The van der Waals surface area contributed by atoms with E-state index >= 15 is 0 Å². The first-order valence-electron chi connectivity index (χ1n) is 7.46. The van der Waals surface area contributed by atoms with E-state index < -0.39 is 0 Å². The predicted molar refractivity (Wildman–Crippen MR) is 91.5 cm³/mol. The third-order valence-corrected chi connectivity index (χ3v) is 3.73. The molecule has 0 atom stereocenters. The van der Waals surface area contributed by atoms with Gasteiger partial charge in [-0.2, -0.15) is 15.0 Å². The van der Waals surface area contributed by atoms with E-state index in [9.17, 15) is 0 Å². The normalized spacial score (nSPS) is 11.3. The molecule has 2 rings (SSSR count). The lowest BCUT2D eigenvalue weighted by Gasteiger charge is -2.27. The van der Waals surface area contributed by atoms with Crippen LogP contribution in [0.2, 0.25) is 5.28 Å². The number of halogens is 1. The maximum atomic E-state index is 6.05. The third-order valence-electron chi connectivity index (χ3n) is 3.56. The zero-order chi connectivity index (χ0) is 16.2. The van der Waals surface area contributed by atoms with Gasteiger partial charge in [0.2, 0.25) is 17.2 Å². The van der Waals surface area contributed by atoms with Gasteiger partial charge in [-0.25, -0.2) is 0 Å². The number of nitrogens with zero attached hydrogens (tertiary/aromatic N) is 4. The average Bonchev–Trinajstić information content (AvgIpc) is 2.48. The minimum Gasteiger partial charge on any atom is -0.345 e. The number of nitrogens with one attached hydrogen (secondary N) is 1. The summed E-state index contributed by atoms with van der Waals surface area (Å²) < 4.78 is 0. The first kappa shape index (κ1) is 16.5. The zero-order valence-electron chi connectivity index (χ0n) is 13.5. The van der Waals surface area contributed by atoms with Crippen LogP contribution in [0.15, 0.2) is 30.3 Å². The van der Waals surface area contributed by atoms with Crippen LogP contribution in [0.25, 0.3) is 0 Å². The van der Waals surface area contributed by atoms with Gasteiger partial charge in [-0.1, -0.05) is 30.3 Å². The standard InChI is InChI=1S/C16H22ClN5/c1-5-22(6-2)15-19-13(17)18-14(20-15)21-16(3,4)12-10-8-7-9-11-12/h7-11H,5-6H2,1-4H3,(H,18,19,20,21). The van der Waals surface area contributed by atoms with Crippen molar-refractivity contribution in [3.8, 4) is 0 Å². The van der Waals surface area contributed by atoms with Gasteiger partial charge >= 0.3 is 0 Å². The van der Waals surface area contributed by atoms with Crippen molar-refractivity contribution in [1.29, 1.82) is 0 Å². The van der Waals surface area contributed by atoms with Gasteiger partial charge in [0.25, 0.3) is 0 Å². The second-order valence-corrected chi connectivity index (χ2v) is 5.85. The van der Waals surface area contributed by atoms with Crippen LogP contribution in [0, 0.1) is 0 Å². The molecule has 1 N–H and O–H groups in total. The second-order valence-electron chi connectivity index (χ2n) is 5.52. The smallest absolute Gasteiger partial charge is 0.231 e. The molecule has 22 heavy (non-hydrogen) atoms. The number of rotatable bonds is 6. The summed E-state index contributed by atoms with van der Waals surface area (Å²) in [6.45, 7) is 9.91. The van der Waals surface area contributed by atoms with Gasteiger partial charge in [0.15, 0.2) is 0 Å². The topological polar surface area (TPSA) is 53.9 Å². The lowest BCUT2D eigenvalue weighted by Crippen LogP contribution is -2.30. The molecule has 0 spiro atoms. The Kier molecular flexibility index (Phi) is 5.19. The Morgan fingerprint density at radius 3 is 2.27 bits per heavy atom. The molecule has 1 heterocycles. The first-order chi connectivity index (χ1) is 10.5. The number of hydrogen-bond acceptors (Lipinski definition) is 5. The lowest BCUT2D eigenvalue weighted by atomic mass is 9.95. The molecule has 0 saturated heterocycles. The third kappa shape index (κ3) is 3.85. The highest BCUT2D eigenvalue weighted by Crippen LogP contribution is 2.25. The molecule has 0 bridgehead atoms. The van der Waals surface area contributed by atoms with Crippen LogP contribution in [0.1, 0.15) is 33.3 Å². The highest BCUT2D eigenvalue weighted by Gasteiger charge is 2.22. The van der Waals surface area contributed by atoms with E-state index in [4.69, 9.17) is 11.6 Å². The molecule has 0 saturated carbocycles. The summed E-state index contributed by atoms with van der Waals surface area (Å²) in [7, 11) is 0. The summed E-state index contributed by atoms with van der Waals surface area (Å²) >= 11 is 6.05. The molecule has 0 aliphatic carbocycles. The Bertz CT molecular complexity index is 611. The molecule has 0 amide bonds. The maximum Gasteiger partial charge on any atom is 0.231 e. The SMILES string of the molecule is CCN(CC)c1nc(Cl)nc(NC(C)(C)c2ccccc2)n1. The molecule has 0 fully saturated rings. The average molecular weight is 320 g/mol. The van der Waals surface area contributed by atoms with E-state index in [1.165, 1.54) is 0 Å². The van der Waals surface area contributed by atoms with Crippen LogP contribution in [0.5, 0.6) is 0 Å². The van der Waals surface area contributed by atoms with Gasteiger partial charge in [-0.3, -0.25) is 0 Å². The molecule has 6 heteroatoms. The molecule has 1 aromatic carbocycles. The summed E-state index contributed by atoms with van der Waals surface area (Å²) in [5, 5.41) is 3.54. The number of anilines is 2. The van der Waals surface area contributed by atoms with Crippen molar-refractivity contribution in [3.05, 3.63) is 41.2 Å². The summed E-state index contributed by atoms with van der Waals surface area (Å²) in [6, 6.07) is 10.2. The summed E-state index contributed by atoms with van der Waals surface area (Å²) in [5.74, 6) is 1.08. The van der Waals surface area contributed by atoms with E-state index in [0.717, 1.165) is 18.7 Å². The minimum absolute atomic E-state index is 0.197. The fraction of sp³-hybridized carbons (Fsp3) is 0.438. The van der Waals surface area contributed by atoms with E-state index in [1.807, 2.05) is 23.1 Å². The van der Waals surface area contributed by atoms with Gasteiger partial charge in [0, 0.05) is 13.1 Å². The van der Waals surface area contributed by atoms with Crippen LogP contribution in [0.3, 0.4) is 0 Å². The second kappa shape index (κ2) is 6.92. The summed E-state index contributed by atoms with van der Waals surface area (Å²) in [5.41, 5.74) is 0.836. The highest BCUT2D eigenvalue weighted by molar-refractivity contribution is 6.28. The molecule has 118 valence electrons. The molecule has 0 aliphatic rings. The van der Waals surface area contributed by atoms with Gasteiger partial charge in [0.05, 0.1) is 5.54 Å². The van der Waals surface area contributed by atoms with E-state index in [1.54, 1.807) is 0 Å². The van der Waals surface area contributed by atoms with Crippen molar-refractivity contribution in [3.63, 3.8) is 0 Å². The van der Waals surface area contributed by atoms with Crippen LogP contribution in [-0.4, -0.2) is 28.0 Å². The number of hydrogen-bond donors (Lipinski definition) is 1. The fourth-order valence-electron chi connectivity index (χ4n) is 2.25. The first-order valence-corrected chi connectivity index (χ1v) is 7.84. The molecule has 2 aromatic rings. The molecule has 0 unspecified atom stereocenters. The van der Waals surface area contributed by atoms with Crippen molar-refractivity contribution >= 4 is 23.5 Å². The Morgan fingerprint density at radius 1 is 1.05 bits per heavy atom. The Labute approximate surface area is 136 Å². The monoisotopic (exact) mass is 319 g/mol. The van der Waals surface area contributed by atoms with E-state index in [0.29, 0.717) is 11.9 Å². The molecule has 5 nitrogen and oxygen atoms in total. The summed E-state index contributed by atoms with van der Waals surface area (Å²) in [6.07, 6.45) is 0. The molecular weight excluding hydrogens is 298 g/mol. The van der Waals surface area contributed by atoms with Crippen molar-refractivity contribution < 1.29 is 0 Å². The number of benzene rings is 1. The summed E-state index contributed by atoms with van der Waals surface area (Å²) in [4.78, 5) is 14.9. The van der Waals surface area contributed by atoms with E-state index in [2.05, 4.69) is 60.1 Å². The maximum absolute atomic E-state index is 6.05. The van der Waals surface area contributed by atoms with Crippen molar-refractivity contribution in [2.24, 2.45) is 0 Å². The van der Waals surface area contributed by atoms with Crippen LogP contribution < -0.4 is 10.2 Å². The molecule has 0 radical (unpaired) electrons. The Balaban J connectivity index is 2.29. The molecular formula is C16H22ClN5. The largest absolute Gasteiger partial charge is 0.345 e. The van der Waals surface area contributed by atoms with Gasteiger partial charge < -0.3 is 10.2 Å². The van der Waals surface area contributed by atoms with Crippen molar-refractivity contribution in [2.75, 3.05) is 23.3 Å². The fourth-order valence-corrected chi connectivity index (χ4v) is 2.41. The van der Waals surface area contributed by atoms with Crippen LogP contribution in [-0.2, 0) is 5.54 Å². The number of aromatic nitrogens is 3. The van der Waals surface area contributed by atoms with Crippen molar-refractivity contribution in [2.45, 2.75) is 33.2 Å². The Morgan fingerprint density at radius 2 is 1.68 bits per heavy atom. The highest BCUT2D eigenvalue weighted by atomic mass is 35.5. The van der Waals surface area contributed by atoms with Crippen LogP contribution >= 0.6 is 11.6 Å². The molecule has 0 aliphatic heterocycles. The Hall–Kier alpha value is -1.88. The predicted octanol–water partition coefficient (Wildman–Crippen LogP) is 3.72. The van der Waals surface area contributed by atoms with Gasteiger partial charge in [0.1, 0.15) is 0 Å². The minimum atomic E-state index is -0.313. The zero-order valence-corrected chi connectivity index (χ0v) is 14.2. The van der Waals surface area contributed by atoms with Gasteiger partial charge in [-0.15, -0.1) is 0 Å². The van der Waals surface area contributed by atoms with Gasteiger partial charge in [-0.05, 0) is 44.9 Å². The van der Waals surface area contributed by atoms with Crippen molar-refractivity contribution in [1.82, 2.24) is 15.0 Å². The van der Waals surface area contributed by atoms with E-state index in [-0.39, 0.29) is 10.8 Å².